The second-order valence-electron chi connectivity index (χ2n) is 5.51. The summed E-state index contributed by atoms with van der Waals surface area (Å²) in [4.78, 5) is 0. The van der Waals surface area contributed by atoms with Gasteiger partial charge in [-0.2, -0.15) is 5.10 Å². The summed E-state index contributed by atoms with van der Waals surface area (Å²) in [6.45, 7) is 4.74. The lowest BCUT2D eigenvalue weighted by atomic mass is 9.97. The van der Waals surface area contributed by atoms with Crippen LogP contribution in [-0.2, 0) is 17.8 Å². The number of benzene rings is 1. The molecular weight excluding hydrogens is 262 g/mol. The Morgan fingerprint density at radius 1 is 1.29 bits per heavy atom. The minimum Gasteiger partial charge on any atom is -0.373 e. The van der Waals surface area contributed by atoms with Gasteiger partial charge < -0.3 is 10.1 Å². The molecule has 0 saturated carbocycles. The van der Waals surface area contributed by atoms with Crippen LogP contribution in [0.2, 0.25) is 0 Å². The normalized spacial score (nSPS) is 22.3. The molecule has 0 radical (unpaired) electrons. The van der Waals surface area contributed by atoms with E-state index in [9.17, 15) is 0 Å². The van der Waals surface area contributed by atoms with Crippen LogP contribution in [0.15, 0.2) is 42.6 Å². The van der Waals surface area contributed by atoms with E-state index in [2.05, 4.69) is 47.7 Å². The first-order valence-corrected chi connectivity index (χ1v) is 7.77. The minimum atomic E-state index is 0.216. The molecule has 1 fully saturated rings. The minimum absolute atomic E-state index is 0.216. The van der Waals surface area contributed by atoms with Crippen LogP contribution in [0.5, 0.6) is 0 Å². The van der Waals surface area contributed by atoms with Crippen LogP contribution in [0.3, 0.4) is 0 Å². The summed E-state index contributed by atoms with van der Waals surface area (Å²) in [7, 11) is 0. The van der Waals surface area contributed by atoms with Crippen molar-refractivity contribution in [1.82, 2.24) is 15.1 Å². The fraction of sp³-hybridized carbons (Fsp3) is 0.471. The van der Waals surface area contributed by atoms with Crippen LogP contribution in [-0.4, -0.2) is 22.4 Å². The van der Waals surface area contributed by atoms with Crippen LogP contribution in [0.4, 0.5) is 0 Å². The zero-order valence-corrected chi connectivity index (χ0v) is 12.5. The van der Waals surface area contributed by atoms with E-state index in [4.69, 9.17) is 4.74 Å². The van der Waals surface area contributed by atoms with Gasteiger partial charge in [-0.05, 0) is 31.4 Å². The molecule has 2 heterocycles. The standard InChI is InChI=1S/C17H23N3O/c1-2-20-16(8-10-19-20)13-18-15-9-11-21-17(12-15)14-6-4-3-5-7-14/h3-8,10,15,17-18H,2,9,11-13H2,1H3/t15-,17+/m1/s1. The van der Waals surface area contributed by atoms with E-state index in [0.29, 0.717) is 6.04 Å². The maximum Gasteiger partial charge on any atom is 0.0839 e. The van der Waals surface area contributed by atoms with Gasteiger partial charge in [-0.25, -0.2) is 0 Å². The van der Waals surface area contributed by atoms with Crippen molar-refractivity contribution in [2.45, 2.75) is 45.0 Å². The molecule has 3 rings (SSSR count). The van der Waals surface area contributed by atoms with Crippen molar-refractivity contribution in [3.8, 4) is 0 Å². The van der Waals surface area contributed by atoms with Gasteiger partial charge in [-0.1, -0.05) is 30.3 Å². The average Bonchev–Trinajstić information content (AvgIpc) is 3.01. The Morgan fingerprint density at radius 3 is 2.95 bits per heavy atom. The van der Waals surface area contributed by atoms with Crippen molar-refractivity contribution in [2.75, 3.05) is 6.61 Å². The van der Waals surface area contributed by atoms with Gasteiger partial charge in [-0.3, -0.25) is 4.68 Å². The second kappa shape index (κ2) is 6.87. The van der Waals surface area contributed by atoms with Crippen LogP contribution in [0.25, 0.3) is 0 Å². The SMILES string of the molecule is CCn1nccc1CN[C@@H]1CCO[C@H](c2ccccc2)C1. The van der Waals surface area contributed by atoms with Gasteiger partial charge in [0.15, 0.2) is 0 Å². The number of aromatic nitrogens is 2. The Kier molecular flexibility index (Phi) is 4.68. The molecule has 2 aromatic rings. The maximum atomic E-state index is 5.92. The van der Waals surface area contributed by atoms with E-state index in [1.54, 1.807) is 0 Å². The molecule has 4 nitrogen and oxygen atoms in total. The molecular formula is C17H23N3O. The number of hydrogen-bond donors (Lipinski definition) is 1. The monoisotopic (exact) mass is 285 g/mol. The molecule has 0 bridgehead atoms. The maximum absolute atomic E-state index is 5.92. The van der Waals surface area contributed by atoms with Gasteiger partial charge in [0, 0.05) is 31.9 Å². The van der Waals surface area contributed by atoms with Crippen molar-refractivity contribution in [3.63, 3.8) is 0 Å². The van der Waals surface area contributed by atoms with Gasteiger partial charge in [0.2, 0.25) is 0 Å². The average molecular weight is 285 g/mol. The van der Waals surface area contributed by atoms with Gasteiger partial charge in [-0.15, -0.1) is 0 Å². The van der Waals surface area contributed by atoms with E-state index in [-0.39, 0.29) is 6.10 Å². The zero-order valence-electron chi connectivity index (χ0n) is 12.5. The molecule has 1 aromatic carbocycles. The van der Waals surface area contributed by atoms with Gasteiger partial charge >= 0.3 is 0 Å². The fourth-order valence-electron chi connectivity index (χ4n) is 2.93. The molecule has 21 heavy (non-hydrogen) atoms. The van der Waals surface area contributed by atoms with Crippen LogP contribution < -0.4 is 5.32 Å². The Hall–Kier alpha value is -1.65. The van der Waals surface area contributed by atoms with Crippen molar-refractivity contribution in [1.29, 1.82) is 0 Å². The highest BCUT2D eigenvalue weighted by atomic mass is 16.5. The lowest BCUT2D eigenvalue weighted by Gasteiger charge is -2.30. The smallest absolute Gasteiger partial charge is 0.0839 e. The molecule has 0 unspecified atom stereocenters. The summed E-state index contributed by atoms with van der Waals surface area (Å²) in [5.41, 5.74) is 2.53. The van der Waals surface area contributed by atoms with E-state index >= 15 is 0 Å². The Morgan fingerprint density at radius 2 is 2.14 bits per heavy atom. The predicted molar refractivity (Wildman–Crippen MR) is 82.9 cm³/mol. The van der Waals surface area contributed by atoms with Crippen molar-refractivity contribution in [2.24, 2.45) is 0 Å². The Balaban J connectivity index is 1.57. The summed E-state index contributed by atoms with van der Waals surface area (Å²) < 4.78 is 7.96. The number of aryl methyl sites for hydroxylation is 1. The van der Waals surface area contributed by atoms with Crippen LogP contribution in [0, 0.1) is 0 Å². The lowest BCUT2D eigenvalue weighted by Crippen LogP contribution is -2.36. The van der Waals surface area contributed by atoms with E-state index in [1.165, 1.54) is 11.3 Å². The third-order valence-corrected chi connectivity index (χ3v) is 4.13. The summed E-state index contributed by atoms with van der Waals surface area (Å²) in [6.07, 6.45) is 4.19. The van der Waals surface area contributed by atoms with Gasteiger partial charge in [0.25, 0.3) is 0 Å². The first kappa shape index (κ1) is 14.3. The van der Waals surface area contributed by atoms with Crippen LogP contribution in [0.1, 0.15) is 37.1 Å². The van der Waals surface area contributed by atoms with Crippen molar-refractivity contribution < 1.29 is 4.74 Å². The molecule has 1 aliphatic heterocycles. The highest BCUT2D eigenvalue weighted by molar-refractivity contribution is 5.18. The van der Waals surface area contributed by atoms with E-state index in [0.717, 1.165) is 32.5 Å². The quantitative estimate of drug-likeness (QED) is 0.918. The van der Waals surface area contributed by atoms with Gasteiger partial charge in [0.1, 0.15) is 0 Å². The summed E-state index contributed by atoms with van der Waals surface area (Å²) in [6, 6.07) is 13.1. The molecule has 1 N–H and O–H groups in total. The lowest BCUT2D eigenvalue weighted by molar-refractivity contribution is -0.000144. The topological polar surface area (TPSA) is 39.1 Å². The molecule has 0 spiro atoms. The van der Waals surface area contributed by atoms with E-state index in [1.807, 2.05) is 16.9 Å². The highest BCUT2D eigenvalue weighted by Gasteiger charge is 2.23. The fourth-order valence-corrected chi connectivity index (χ4v) is 2.93. The molecule has 1 aliphatic rings. The first-order valence-electron chi connectivity index (χ1n) is 7.77. The molecule has 1 saturated heterocycles. The molecule has 4 heteroatoms. The number of hydrogen-bond acceptors (Lipinski definition) is 3. The summed E-state index contributed by atoms with van der Waals surface area (Å²) >= 11 is 0. The number of ether oxygens (including phenoxy) is 1. The zero-order chi connectivity index (χ0) is 14.5. The second-order valence-corrected chi connectivity index (χ2v) is 5.51. The van der Waals surface area contributed by atoms with Crippen molar-refractivity contribution in [3.05, 3.63) is 53.9 Å². The third-order valence-electron chi connectivity index (χ3n) is 4.13. The predicted octanol–water partition coefficient (Wildman–Crippen LogP) is 2.91. The number of nitrogens with zero attached hydrogens (tertiary/aromatic N) is 2. The molecule has 2 atom stereocenters. The highest BCUT2D eigenvalue weighted by Crippen LogP contribution is 2.28. The Labute approximate surface area is 126 Å². The van der Waals surface area contributed by atoms with E-state index < -0.39 is 0 Å². The Bertz CT molecular complexity index is 552. The number of rotatable bonds is 5. The van der Waals surface area contributed by atoms with Gasteiger partial charge in [0.05, 0.1) is 11.8 Å². The molecule has 0 amide bonds. The van der Waals surface area contributed by atoms with Crippen molar-refractivity contribution >= 4 is 0 Å². The first-order chi connectivity index (χ1) is 10.4. The summed E-state index contributed by atoms with van der Waals surface area (Å²) in [5, 5.41) is 7.97. The van der Waals surface area contributed by atoms with Crippen LogP contribution >= 0.6 is 0 Å². The molecule has 112 valence electrons. The molecule has 0 aliphatic carbocycles. The summed E-state index contributed by atoms with van der Waals surface area (Å²) in [5.74, 6) is 0. The largest absolute Gasteiger partial charge is 0.373 e. The number of nitrogens with one attached hydrogen (secondary N) is 1. The molecule has 1 aromatic heterocycles. The third kappa shape index (κ3) is 3.52.